The van der Waals surface area contributed by atoms with Crippen molar-refractivity contribution in [2.45, 2.75) is 59.2 Å². The maximum Gasteiger partial charge on any atom is 0.0547 e. The van der Waals surface area contributed by atoms with Crippen LogP contribution in [0.3, 0.4) is 0 Å². The molecule has 1 heterocycles. The molecule has 1 aromatic heterocycles. The molecule has 2 rings (SSSR count). The standard InChI is InChI=1S/C17H29N3/c1-4-10-20(12-15-8-9-15)13-17-7-5-6-16(19-17)11-18-14(2)3/h5-7,14-15,18H,4,8-13H2,1-3H3. The molecule has 0 amide bonds. The van der Waals surface area contributed by atoms with Gasteiger partial charge in [-0.05, 0) is 43.9 Å². The van der Waals surface area contributed by atoms with Gasteiger partial charge in [0.25, 0.3) is 0 Å². The zero-order valence-electron chi connectivity index (χ0n) is 13.2. The lowest BCUT2D eigenvalue weighted by molar-refractivity contribution is 0.252. The average molecular weight is 275 g/mol. The van der Waals surface area contributed by atoms with Gasteiger partial charge >= 0.3 is 0 Å². The van der Waals surface area contributed by atoms with Gasteiger partial charge in [0, 0.05) is 25.7 Å². The van der Waals surface area contributed by atoms with Gasteiger partial charge < -0.3 is 5.32 Å². The first-order chi connectivity index (χ1) is 9.67. The third kappa shape index (κ3) is 5.59. The summed E-state index contributed by atoms with van der Waals surface area (Å²) in [4.78, 5) is 7.36. The molecule has 0 aliphatic heterocycles. The SMILES string of the molecule is CCCN(Cc1cccc(CNC(C)C)n1)CC1CC1. The van der Waals surface area contributed by atoms with Crippen molar-refractivity contribution in [3.05, 3.63) is 29.6 Å². The Balaban J connectivity index is 1.90. The van der Waals surface area contributed by atoms with Crippen molar-refractivity contribution in [1.82, 2.24) is 15.2 Å². The molecular formula is C17H29N3. The van der Waals surface area contributed by atoms with Crippen molar-refractivity contribution < 1.29 is 0 Å². The fraction of sp³-hybridized carbons (Fsp3) is 0.706. The molecule has 112 valence electrons. The van der Waals surface area contributed by atoms with E-state index in [4.69, 9.17) is 4.98 Å². The zero-order valence-corrected chi connectivity index (χ0v) is 13.2. The maximum absolute atomic E-state index is 4.79. The van der Waals surface area contributed by atoms with Gasteiger partial charge in [0.2, 0.25) is 0 Å². The van der Waals surface area contributed by atoms with Gasteiger partial charge in [-0.3, -0.25) is 9.88 Å². The first-order valence-electron chi connectivity index (χ1n) is 8.08. The van der Waals surface area contributed by atoms with Crippen LogP contribution in [-0.4, -0.2) is 29.0 Å². The van der Waals surface area contributed by atoms with E-state index in [2.05, 4.69) is 49.2 Å². The van der Waals surface area contributed by atoms with Crippen molar-refractivity contribution >= 4 is 0 Å². The van der Waals surface area contributed by atoms with Gasteiger partial charge in [0.05, 0.1) is 11.4 Å². The van der Waals surface area contributed by atoms with E-state index in [1.807, 2.05) is 0 Å². The van der Waals surface area contributed by atoms with Crippen LogP contribution >= 0.6 is 0 Å². The van der Waals surface area contributed by atoms with Crippen LogP contribution in [0.5, 0.6) is 0 Å². The highest BCUT2D eigenvalue weighted by Gasteiger charge is 2.24. The Kier molecular flexibility index (Phi) is 5.99. The van der Waals surface area contributed by atoms with Gasteiger partial charge in [-0.25, -0.2) is 0 Å². The number of hydrogen-bond donors (Lipinski definition) is 1. The summed E-state index contributed by atoms with van der Waals surface area (Å²) in [5.74, 6) is 0.951. The van der Waals surface area contributed by atoms with E-state index in [-0.39, 0.29) is 0 Å². The average Bonchev–Trinajstić information content (AvgIpc) is 3.21. The third-order valence-electron chi connectivity index (χ3n) is 3.69. The van der Waals surface area contributed by atoms with Crippen molar-refractivity contribution in [2.24, 2.45) is 5.92 Å². The molecule has 1 fully saturated rings. The highest BCUT2D eigenvalue weighted by atomic mass is 15.1. The molecule has 1 aliphatic carbocycles. The smallest absolute Gasteiger partial charge is 0.0547 e. The Hall–Kier alpha value is -0.930. The van der Waals surface area contributed by atoms with Crippen LogP contribution in [0.4, 0.5) is 0 Å². The number of hydrogen-bond acceptors (Lipinski definition) is 3. The Morgan fingerprint density at radius 2 is 2.05 bits per heavy atom. The Morgan fingerprint density at radius 3 is 2.70 bits per heavy atom. The number of pyridine rings is 1. The number of nitrogens with zero attached hydrogens (tertiary/aromatic N) is 2. The van der Waals surface area contributed by atoms with Crippen molar-refractivity contribution in [3.63, 3.8) is 0 Å². The van der Waals surface area contributed by atoms with Crippen LogP contribution in [0.25, 0.3) is 0 Å². The van der Waals surface area contributed by atoms with Crippen molar-refractivity contribution in [1.29, 1.82) is 0 Å². The van der Waals surface area contributed by atoms with E-state index >= 15 is 0 Å². The summed E-state index contributed by atoms with van der Waals surface area (Å²) in [6.07, 6.45) is 4.07. The molecule has 1 saturated carbocycles. The van der Waals surface area contributed by atoms with Crippen LogP contribution < -0.4 is 5.32 Å². The lowest BCUT2D eigenvalue weighted by atomic mass is 10.2. The number of aromatic nitrogens is 1. The molecule has 3 heteroatoms. The second-order valence-corrected chi connectivity index (χ2v) is 6.33. The van der Waals surface area contributed by atoms with E-state index in [1.165, 1.54) is 38.0 Å². The molecule has 0 aromatic carbocycles. The first kappa shape index (κ1) is 15.5. The predicted molar refractivity (Wildman–Crippen MR) is 84.5 cm³/mol. The minimum atomic E-state index is 0.506. The maximum atomic E-state index is 4.79. The van der Waals surface area contributed by atoms with E-state index in [9.17, 15) is 0 Å². The number of rotatable bonds is 9. The summed E-state index contributed by atoms with van der Waals surface area (Å²) in [6.45, 7) is 10.9. The quantitative estimate of drug-likeness (QED) is 0.750. The van der Waals surface area contributed by atoms with Gasteiger partial charge in [-0.1, -0.05) is 26.8 Å². The lowest BCUT2D eigenvalue weighted by Gasteiger charge is -2.21. The summed E-state index contributed by atoms with van der Waals surface area (Å²) in [6, 6.07) is 6.92. The molecule has 20 heavy (non-hydrogen) atoms. The van der Waals surface area contributed by atoms with Crippen molar-refractivity contribution in [3.8, 4) is 0 Å². The Bertz CT molecular complexity index is 399. The van der Waals surface area contributed by atoms with Crippen LogP contribution in [-0.2, 0) is 13.1 Å². The second-order valence-electron chi connectivity index (χ2n) is 6.33. The first-order valence-corrected chi connectivity index (χ1v) is 8.08. The van der Waals surface area contributed by atoms with Gasteiger partial charge in [0.1, 0.15) is 0 Å². The van der Waals surface area contributed by atoms with Crippen molar-refractivity contribution in [2.75, 3.05) is 13.1 Å². The minimum absolute atomic E-state index is 0.506. The summed E-state index contributed by atoms with van der Waals surface area (Å²) in [7, 11) is 0. The van der Waals surface area contributed by atoms with Crippen LogP contribution in [0.2, 0.25) is 0 Å². The molecule has 0 atom stereocenters. The van der Waals surface area contributed by atoms with E-state index in [0.29, 0.717) is 6.04 Å². The van der Waals surface area contributed by atoms with Gasteiger partial charge in [-0.2, -0.15) is 0 Å². The third-order valence-corrected chi connectivity index (χ3v) is 3.69. The molecule has 3 nitrogen and oxygen atoms in total. The summed E-state index contributed by atoms with van der Waals surface area (Å²) < 4.78 is 0. The topological polar surface area (TPSA) is 28.2 Å². The molecule has 0 spiro atoms. The molecule has 0 unspecified atom stereocenters. The highest BCUT2D eigenvalue weighted by Crippen LogP contribution is 2.30. The van der Waals surface area contributed by atoms with E-state index < -0.39 is 0 Å². The lowest BCUT2D eigenvalue weighted by Crippen LogP contribution is -2.27. The summed E-state index contributed by atoms with van der Waals surface area (Å²) >= 11 is 0. The molecule has 1 N–H and O–H groups in total. The molecule has 0 bridgehead atoms. The van der Waals surface area contributed by atoms with Gasteiger partial charge in [0.15, 0.2) is 0 Å². The van der Waals surface area contributed by atoms with E-state index in [1.54, 1.807) is 0 Å². The Morgan fingerprint density at radius 1 is 1.30 bits per heavy atom. The molecule has 1 aliphatic rings. The largest absolute Gasteiger partial charge is 0.309 e. The summed E-state index contributed by atoms with van der Waals surface area (Å²) in [5.41, 5.74) is 2.36. The van der Waals surface area contributed by atoms with Crippen LogP contribution in [0.1, 0.15) is 51.4 Å². The Labute approximate surface area is 123 Å². The fourth-order valence-corrected chi connectivity index (χ4v) is 2.47. The molecule has 0 radical (unpaired) electrons. The monoisotopic (exact) mass is 275 g/mol. The van der Waals surface area contributed by atoms with E-state index in [0.717, 1.165) is 24.7 Å². The zero-order chi connectivity index (χ0) is 14.4. The normalized spacial score (nSPS) is 15.2. The highest BCUT2D eigenvalue weighted by molar-refractivity contribution is 5.11. The molecular weight excluding hydrogens is 246 g/mol. The molecule has 1 aromatic rings. The molecule has 0 saturated heterocycles. The minimum Gasteiger partial charge on any atom is -0.309 e. The second kappa shape index (κ2) is 7.75. The van der Waals surface area contributed by atoms with Gasteiger partial charge in [-0.15, -0.1) is 0 Å². The van der Waals surface area contributed by atoms with Crippen LogP contribution in [0, 0.1) is 5.92 Å². The van der Waals surface area contributed by atoms with Crippen LogP contribution in [0.15, 0.2) is 18.2 Å². The fourth-order valence-electron chi connectivity index (χ4n) is 2.47. The summed E-state index contributed by atoms with van der Waals surface area (Å²) in [5, 5.41) is 3.43. The number of nitrogens with one attached hydrogen (secondary N) is 1. The predicted octanol–water partition coefficient (Wildman–Crippen LogP) is 3.20.